The fourth-order valence-electron chi connectivity index (χ4n) is 1.48. The van der Waals surface area contributed by atoms with Crippen molar-refractivity contribution in [2.24, 2.45) is 0 Å². The second-order valence-electron chi connectivity index (χ2n) is 3.90. The predicted molar refractivity (Wildman–Crippen MR) is 72.3 cm³/mol. The minimum atomic E-state index is -0.0842. The van der Waals surface area contributed by atoms with E-state index in [0.717, 1.165) is 12.8 Å². The molecule has 0 saturated heterocycles. The molecular weight excluding hydrogens is 236 g/mol. The van der Waals surface area contributed by atoms with Gasteiger partial charge in [0.2, 0.25) is 0 Å². The smallest absolute Gasteiger partial charge is 0.255 e. The van der Waals surface area contributed by atoms with Gasteiger partial charge in [-0.05, 0) is 31.0 Å². The Morgan fingerprint density at radius 1 is 1.59 bits per heavy atom. The van der Waals surface area contributed by atoms with Crippen LogP contribution in [0.2, 0.25) is 5.02 Å². The van der Waals surface area contributed by atoms with Crippen LogP contribution in [0.4, 0.5) is 5.69 Å². The quantitative estimate of drug-likeness (QED) is 0.498. The molecule has 0 heterocycles. The van der Waals surface area contributed by atoms with Gasteiger partial charge in [0, 0.05) is 19.3 Å². The van der Waals surface area contributed by atoms with Crippen LogP contribution >= 0.6 is 11.6 Å². The normalized spacial score (nSPS) is 10.0. The van der Waals surface area contributed by atoms with Crippen LogP contribution in [-0.4, -0.2) is 24.4 Å². The first-order valence-corrected chi connectivity index (χ1v) is 5.85. The summed E-state index contributed by atoms with van der Waals surface area (Å²) < 4.78 is 0. The van der Waals surface area contributed by atoms with E-state index in [1.807, 2.05) is 6.08 Å². The standard InChI is InChI=1S/C13H17ClN2O/c1-3-4-5-8-16(2)13(17)11-7-6-10(15)9-12(11)14/h3,6-7,9H,1,4-5,8,15H2,2H3. The lowest BCUT2D eigenvalue weighted by atomic mass is 10.1. The van der Waals surface area contributed by atoms with Gasteiger partial charge in [-0.2, -0.15) is 0 Å². The van der Waals surface area contributed by atoms with Gasteiger partial charge in [0.15, 0.2) is 0 Å². The molecule has 0 aromatic heterocycles. The molecule has 4 heteroatoms. The Morgan fingerprint density at radius 3 is 2.88 bits per heavy atom. The predicted octanol–water partition coefficient (Wildman–Crippen LogP) is 2.96. The second-order valence-corrected chi connectivity index (χ2v) is 4.30. The molecule has 3 nitrogen and oxygen atoms in total. The maximum atomic E-state index is 12.0. The first-order chi connectivity index (χ1) is 8.06. The first-order valence-electron chi connectivity index (χ1n) is 5.47. The molecule has 0 radical (unpaired) electrons. The molecule has 0 fully saturated rings. The van der Waals surface area contributed by atoms with Crippen LogP contribution in [0.5, 0.6) is 0 Å². The minimum Gasteiger partial charge on any atom is -0.399 e. The van der Waals surface area contributed by atoms with Gasteiger partial charge in [0.05, 0.1) is 10.6 Å². The summed E-state index contributed by atoms with van der Waals surface area (Å²) in [4.78, 5) is 13.7. The van der Waals surface area contributed by atoms with Crippen LogP contribution in [0.3, 0.4) is 0 Å². The van der Waals surface area contributed by atoms with E-state index in [2.05, 4.69) is 6.58 Å². The van der Waals surface area contributed by atoms with Gasteiger partial charge in [-0.15, -0.1) is 6.58 Å². The van der Waals surface area contributed by atoms with Crippen molar-refractivity contribution in [3.05, 3.63) is 41.4 Å². The van der Waals surface area contributed by atoms with E-state index in [4.69, 9.17) is 17.3 Å². The van der Waals surface area contributed by atoms with E-state index < -0.39 is 0 Å². The van der Waals surface area contributed by atoms with Gasteiger partial charge >= 0.3 is 0 Å². The van der Waals surface area contributed by atoms with E-state index >= 15 is 0 Å². The van der Waals surface area contributed by atoms with Crippen LogP contribution in [0.15, 0.2) is 30.9 Å². The van der Waals surface area contributed by atoms with Crippen molar-refractivity contribution in [3.8, 4) is 0 Å². The number of benzene rings is 1. The molecule has 0 aliphatic heterocycles. The lowest BCUT2D eigenvalue weighted by Crippen LogP contribution is -2.27. The zero-order valence-electron chi connectivity index (χ0n) is 9.95. The van der Waals surface area contributed by atoms with E-state index in [-0.39, 0.29) is 5.91 Å². The van der Waals surface area contributed by atoms with Gasteiger partial charge in [-0.1, -0.05) is 17.7 Å². The number of rotatable bonds is 5. The summed E-state index contributed by atoms with van der Waals surface area (Å²) in [6.07, 6.45) is 3.64. The number of nitrogen functional groups attached to an aromatic ring is 1. The van der Waals surface area contributed by atoms with Crippen LogP contribution < -0.4 is 5.73 Å². The van der Waals surface area contributed by atoms with Gasteiger partial charge < -0.3 is 10.6 Å². The van der Waals surface area contributed by atoms with Crippen molar-refractivity contribution in [2.45, 2.75) is 12.8 Å². The summed E-state index contributed by atoms with van der Waals surface area (Å²) in [7, 11) is 1.76. The van der Waals surface area contributed by atoms with Crippen LogP contribution in [0, 0.1) is 0 Å². The maximum Gasteiger partial charge on any atom is 0.255 e. The largest absolute Gasteiger partial charge is 0.399 e. The molecule has 0 spiro atoms. The van der Waals surface area contributed by atoms with E-state index in [9.17, 15) is 4.79 Å². The highest BCUT2D eigenvalue weighted by Gasteiger charge is 2.14. The average Bonchev–Trinajstić information content (AvgIpc) is 2.28. The number of carbonyl (C=O) groups is 1. The summed E-state index contributed by atoms with van der Waals surface area (Å²) in [6.45, 7) is 4.33. The molecule has 2 N–H and O–H groups in total. The molecule has 0 unspecified atom stereocenters. The highest BCUT2D eigenvalue weighted by molar-refractivity contribution is 6.34. The number of allylic oxidation sites excluding steroid dienone is 1. The van der Waals surface area contributed by atoms with Gasteiger partial charge in [-0.25, -0.2) is 0 Å². The summed E-state index contributed by atoms with van der Waals surface area (Å²) in [6, 6.07) is 4.92. The Kier molecular flexibility index (Phi) is 5.04. The molecule has 0 aliphatic rings. The van der Waals surface area contributed by atoms with Crippen LogP contribution in [-0.2, 0) is 0 Å². The molecule has 0 aliphatic carbocycles. The molecule has 0 saturated carbocycles. The maximum absolute atomic E-state index is 12.0. The number of carbonyl (C=O) groups excluding carboxylic acids is 1. The van der Waals surface area contributed by atoms with Crippen molar-refractivity contribution < 1.29 is 4.79 Å². The van der Waals surface area contributed by atoms with Gasteiger partial charge in [0.25, 0.3) is 5.91 Å². The van der Waals surface area contributed by atoms with Crippen molar-refractivity contribution in [1.82, 2.24) is 4.90 Å². The van der Waals surface area contributed by atoms with Crippen molar-refractivity contribution >= 4 is 23.2 Å². The number of amides is 1. The molecule has 17 heavy (non-hydrogen) atoms. The summed E-state index contributed by atoms with van der Waals surface area (Å²) in [5.41, 5.74) is 6.63. The van der Waals surface area contributed by atoms with Crippen LogP contribution in [0.25, 0.3) is 0 Å². The van der Waals surface area contributed by atoms with Crippen molar-refractivity contribution in [3.63, 3.8) is 0 Å². The third kappa shape index (κ3) is 3.79. The molecule has 92 valence electrons. The molecule has 1 aromatic rings. The monoisotopic (exact) mass is 252 g/mol. The zero-order chi connectivity index (χ0) is 12.8. The molecule has 1 rings (SSSR count). The number of hydrogen-bond acceptors (Lipinski definition) is 2. The molecule has 1 amide bonds. The molecule has 0 atom stereocenters. The van der Waals surface area contributed by atoms with E-state index in [1.54, 1.807) is 30.1 Å². The number of unbranched alkanes of at least 4 members (excludes halogenated alkanes) is 1. The minimum absolute atomic E-state index is 0.0842. The Bertz CT molecular complexity index is 418. The summed E-state index contributed by atoms with van der Waals surface area (Å²) in [5.74, 6) is -0.0842. The third-order valence-corrected chi connectivity index (χ3v) is 2.78. The lowest BCUT2D eigenvalue weighted by molar-refractivity contribution is 0.0794. The number of halogens is 1. The Hall–Kier alpha value is -1.48. The van der Waals surface area contributed by atoms with Gasteiger partial charge in [-0.3, -0.25) is 4.79 Å². The first kappa shape index (κ1) is 13.6. The molecular formula is C13H17ClN2O. The Labute approximate surface area is 107 Å². The molecule has 0 bridgehead atoms. The number of nitrogens with two attached hydrogens (primary N) is 1. The van der Waals surface area contributed by atoms with Crippen LogP contribution in [0.1, 0.15) is 23.2 Å². The fourth-order valence-corrected chi connectivity index (χ4v) is 1.75. The van der Waals surface area contributed by atoms with E-state index in [1.165, 1.54) is 0 Å². The Morgan fingerprint density at radius 2 is 2.29 bits per heavy atom. The summed E-state index contributed by atoms with van der Waals surface area (Å²) in [5, 5.41) is 0.394. The lowest BCUT2D eigenvalue weighted by Gasteiger charge is -2.17. The Balaban J connectivity index is 2.71. The van der Waals surface area contributed by atoms with Crippen molar-refractivity contribution in [2.75, 3.05) is 19.3 Å². The molecule has 1 aromatic carbocycles. The topological polar surface area (TPSA) is 46.3 Å². The van der Waals surface area contributed by atoms with E-state index in [0.29, 0.717) is 22.8 Å². The fraction of sp³-hybridized carbons (Fsp3) is 0.308. The SMILES string of the molecule is C=CCCCN(C)C(=O)c1ccc(N)cc1Cl. The van der Waals surface area contributed by atoms with Gasteiger partial charge in [0.1, 0.15) is 0 Å². The second kappa shape index (κ2) is 6.30. The number of hydrogen-bond donors (Lipinski definition) is 1. The number of anilines is 1. The highest BCUT2D eigenvalue weighted by atomic mass is 35.5. The highest BCUT2D eigenvalue weighted by Crippen LogP contribution is 2.20. The third-order valence-electron chi connectivity index (χ3n) is 2.47. The number of nitrogens with zero attached hydrogens (tertiary/aromatic N) is 1. The zero-order valence-corrected chi connectivity index (χ0v) is 10.7. The summed E-state index contributed by atoms with van der Waals surface area (Å²) >= 11 is 5.99. The average molecular weight is 253 g/mol. The van der Waals surface area contributed by atoms with Crippen molar-refractivity contribution in [1.29, 1.82) is 0 Å².